The highest BCUT2D eigenvalue weighted by Crippen LogP contribution is 2.22. The molecule has 0 aliphatic heterocycles. The van der Waals surface area contributed by atoms with Crippen LogP contribution in [0.5, 0.6) is 5.75 Å². The van der Waals surface area contributed by atoms with Crippen LogP contribution < -0.4 is 10.1 Å². The minimum atomic E-state index is -3.28. The monoisotopic (exact) mass is 421 g/mol. The second-order valence-electron chi connectivity index (χ2n) is 6.81. The van der Waals surface area contributed by atoms with Gasteiger partial charge in [-0.3, -0.25) is 4.79 Å². The molecular formula is C23H19NO5S. The summed E-state index contributed by atoms with van der Waals surface area (Å²) in [5.74, 6) is 0.932. The summed E-state index contributed by atoms with van der Waals surface area (Å²) in [6, 6.07) is 23.0. The van der Waals surface area contributed by atoms with Gasteiger partial charge in [-0.25, -0.2) is 8.42 Å². The second-order valence-corrected chi connectivity index (χ2v) is 8.83. The number of amides is 1. The molecule has 0 unspecified atom stereocenters. The summed E-state index contributed by atoms with van der Waals surface area (Å²) in [6.07, 6.45) is 1.13. The van der Waals surface area contributed by atoms with Crippen molar-refractivity contribution >= 4 is 32.2 Å². The Balaban J connectivity index is 1.38. The lowest BCUT2D eigenvalue weighted by molar-refractivity contribution is 0.0992. The predicted octanol–water partition coefficient (Wildman–Crippen LogP) is 4.67. The molecule has 4 rings (SSSR count). The smallest absolute Gasteiger partial charge is 0.291 e. The Hall–Kier alpha value is -3.58. The number of ether oxygens (including phenoxy) is 1. The highest BCUT2D eigenvalue weighted by Gasteiger charge is 2.13. The van der Waals surface area contributed by atoms with Gasteiger partial charge in [-0.05, 0) is 59.3 Å². The summed E-state index contributed by atoms with van der Waals surface area (Å²) in [5, 5.41) is 4.89. The van der Waals surface area contributed by atoms with E-state index in [0.29, 0.717) is 17.2 Å². The van der Waals surface area contributed by atoms with E-state index in [1.807, 2.05) is 42.5 Å². The molecule has 0 saturated carbocycles. The highest BCUT2D eigenvalue weighted by molar-refractivity contribution is 7.90. The van der Waals surface area contributed by atoms with Crippen LogP contribution in [0.4, 0.5) is 5.69 Å². The number of hydrogen-bond acceptors (Lipinski definition) is 5. The van der Waals surface area contributed by atoms with E-state index in [4.69, 9.17) is 9.15 Å². The van der Waals surface area contributed by atoms with E-state index in [9.17, 15) is 13.2 Å². The van der Waals surface area contributed by atoms with E-state index in [-0.39, 0.29) is 17.3 Å². The van der Waals surface area contributed by atoms with Gasteiger partial charge in [0.05, 0.1) is 4.90 Å². The molecule has 0 spiro atoms. The molecule has 1 aromatic heterocycles. The van der Waals surface area contributed by atoms with Crippen LogP contribution in [-0.4, -0.2) is 20.6 Å². The average molecular weight is 421 g/mol. The molecule has 0 bridgehead atoms. The fourth-order valence-corrected chi connectivity index (χ4v) is 3.60. The van der Waals surface area contributed by atoms with Gasteiger partial charge in [0.2, 0.25) is 0 Å². The molecule has 0 aliphatic rings. The number of rotatable bonds is 6. The standard InChI is InChI=1S/C23H19NO5S/c1-30(26,27)21-11-7-18(8-12-21)24-23(25)22-13-10-20(29-22)15-28-19-9-6-16-4-2-3-5-17(16)14-19/h2-14H,15H2,1H3,(H,24,25). The van der Waals surface area contributed by atoms with E-state index in [1.165, 1.54) is 24.3 Å². The minimum absolute atomic E-state index is 0.138. The third kappa shape index (κ3) is 4.52. The maximum atomic E-state index is 12.4. The van der Waals surface area contributed by atoms with Crippen molar-refractivity contribution < 1.29 is 22.4 Å². The third-order valence-electron chi connectivity index (χ3n) is 4.53. The predicted molar refractivity (Wildman–Crippen MR) is 114 cm³/mol. The van der Waals surface area contributed by atoms with E-state index in [0.717, 1.165) is 17.0 Å². The Bertz CT molecular complexity index is 1310. The van der Waals surface area contributed by atoms with Crippen LogP contribution in [0, 0.1) is 0 Å². The van der Waals surface area contributed by atoms with Gasteiger partial charge in [-0.15, -0.1) is 0 Å². The summed E-state index contributed by atoms with van der Waals surface area (Å²) >= 11 is 0. The summed E-state index contributed by atoms with van der Waals surface area (Å²) < 4.78 is 34.4. The van der Waals surface area contributed by atoms with Crippen molar-refractivity contribution in [3.05, 3.63) is 90.4 Å². The number of carbonyl (C=O) groups excluding carboxylic acids is 1. The zero-order valence-corrected chi connectivity index (χ0v) is 17.0. The van der Waals surface area contributed by atoms with Crippen LogP contribution in [0.1, 0.15) is 16.3 Å². The molecule has 1 N–H and O–H groups in total. The number of nitrogens with one attached hydrogen (secondary N) is 1. The number of sulfone groups is 1. The van der Waals surface area contributed by atoms with Crippen LogP contribution in [-0.2, 0) is 16.4 Å². The number of fused-ring (bicyclic) bond motifs is 1. The largest absolute Gasteiger partial charge is 0.486 e. The van der Waals surface area contributed by atoms with Crippen LogP contribution in [0.15, 0.2) is 88.2 Å². The molecule has 6 nitrogen and oxygen atoms in total. The summed E-state index contributed by atoms with van der Waals surface area (Å²) in [4.78, 5) is 12.6. The normalized spacial score (nSPS) is 11.4. The number of carbonyl (C=O) groups is 1. The van der Waals surface area contributed by atoms with Crippen molar-refractivity contribution in [1.82, 2.24) is 0 Å². The van der Waals surface area contributed by atoms with E-state index >= 15 is 0 Å². The minimum Gasteiger partial charge on any atom is -0.486 e. The Labute approximate surface area is 174 Å². The molecule has 152 valence electrons. The Morgan fingerprint density at radius 1 is 0.933 bits per heavy atom. The fraction of sp³-hybridized carbons (Fsp3) is 0.0870. The zero-order valence-electron chi connectivity index (χ0n) is 16.2. The van der Waals surface area contributed by atoms with Crippen LogP contribution in [0.3, 0.4) is 0 Å². The van der Waals surface area contributed by atoms with Crippen LogP contribution in [0.25, 0.3) is 10.8 Å². The van der Waals surface area contributed by atoms with Gasteiger partial charge in [0.15, 0.2) is 15.6 Å². The maximum absolute atomic E-state index is 12.4. The molecule has 30 heavy (non-hydrogen) atoms. The van der Waals surface area contributed by atoms with Crippen LogP contribution >= 0.6 is 0 Å². The van der Waals surface area contributed by atoms with E-state index in [2.05, 4.69) is 5.32 Å². The topological polar surface area (TPSA) is 85.6 Å². The Kier molecular flexibility index (Phi) is 5.29. The number of furan rings is 1. The third-order valence-corrected chi connectivity index (χ3v) is 5.66. The molecule has 1 amide bonds. The van der Waals surface area contributed by atoms with Gasteiger partial charge >= 0.3 is 0 Å². The van der Waals surface area contributed by atoms with Crippen molar-refractivity contribution in [2.75, 3.05) is 11.6 Å². The lowest BCUT2D eigenvalue weighted by Gasteiger charge is -2.06. The van der Waals surface area contributed by atoms with E-state index < -0.39 is 15.7 Å². The molecule has 0 atom stereocenters. The number of benzene rings is 3. The lowest BCUT2D eigenvalue weighted by atomic mass is 10.1. The molecule has 4 aromatic rings. The van der Waals surface area contributed by atoms with Gasteiger partial charge in [0.25, 0.3) is 5.91 Å². The molecule has 0 aliphatic carbocycles. The molecule has 0 fully saturated rings. The average Bonchev–Trinajstić information content (AvgIpc) is 3.21. The summed E-state index contributed by atoms with van der Waals surface area (Å²) in [6.45, 7) is 0.189. The van der Waals surface area contributed by atoms with E-state index in [1.54, 1.807) is 12.1 Å². The Morgan fingerprint density at radius 2 is 1.67 bits per heavy atom. The maximum Gasteiger partial charge on any atom is 0.291 e. The highest BCUT2D eigenvalue weighted by atomic mass is 32.2. The van der Waals surface area contributed by atoms with Crippen molar-refractivity contribution in [3.8, 4) is 5.75 Å². The first-order chi connectivity index (χ1) is 14.4. The van der Waals surface area contributed by atoms with Gasteiger partial charge in [0, 0.05) is 11.9 Å². The summed E-state index contributed by atoms with van der Waals surface area (Å²) in [5.41, 5.74) is 0.470. The van der Waals surface area contributed by atoms with Crippen molar-refractivity contribution in [1.29, 1.82) is 0 Å². The Morgan fingerprint density at radius 3 is 2.40 bits per heavy atom. The summed E-state index contributed by atoms with van der Waals surface area (Å²) in [7, 11) is -3.28. The second kappa shape index (κ2) is 8.04. The van der Waals surface area contributed by atoms with Gasteiger partial charge in [-0.1, -0.05) is 30.3 Å². The SMILES string of the molecule is CS(=O)(=O)c1ccc(NC(=O)c2ccc(COc3ccc4ccccc4c3)o2)cc1. The van der Waals surface area contributed by atoms with Crippen molar-refractivity contribution in [2.24, 2.45) is 0 Å². The molecule has 7 heteroatoms. The van der Waals surface area contributed by atoms with Crippen molar-refractivity contribution in [3.63, 3.8) is 0 Å². The molecular weight excluding hydrogens is 402 g/mol. The number of hydrogen-bond donors (Lipinski definition) is 1. The molecule has 0 saturated heterocycles. The quantitative estimate of drug-likeness (QED) is 0.489. The first kappa shape index (κ1) is 19.7. The van der Waals surface area contributed by atoms with Gasteiger partial charge in [-0.2, -0.15) is 0 Å². The fourth-order valence-electron chi connectivity index (χ4n) is 2.97. The van der Waals surface area contributed by atoms with Gasteiger partial charge in [0.1, 0.15) is 18.1 Å². The van der Waals surface area contributed by atoms with Crippen LogP contribution in [0.2, 0.25) is 0 Å². The van der Waals surface area contributed by atoms with Crippen molar-refractivity contribution in [2.45, 2.75) is 11.5 Å². The molecule has 0 radical (unpaired) electrons. The molecule has 1 heterocycles. The zero-order chi connectivity index (χ0) is 21.1. The lowest BCUT2D eigenvalue weighted by Crippen LogP contribution is -2.11. The first-order valence-electron chi connectivity index (χ1n) is 9.20. The van der Waals surface area contributed by atoms with Gasteiger partial charge < -0.3 is 14.5 Å². The number of anilines is 1. The molecule has 3 aromatic carbocycles. The first-order valence-corrected chi connectivity index (χ1v) is 11.1.